The summed E-state index contributed by atoms with van der Waals surface area (Å²) in [5.41, 5.74) is 12.6. The van der Waals surface area contributed by atoms with E-state index in [1.165, 1.54) is 18.3 Å². The van der Waals surface area contributed by atoms with E-state index in [1.54, 1.807) is 24.7 Å². The first-order chi connectivity index (χ1) is 22.5. The Balaban J connectivity index is 1.16. The zero-order valence-corrected chi connectivity index (χ0v) is 25.2. The first-order valence-corrected chi connectivity index (χ1v) is 14.6. The molecule has 2 atom stereocenters. The Hall–Kier alpha value is -5.91. The zero-order valence-electron chi connectivity index (χ0n) is 25.2. The molecule has 0 spiro atoms. The lowest BCUT2D eigenvalue weighted by atomic mass is 10.1. The summed E-state index contributed by atoms with van der Waals surface area (Å²) in [5, 5.41) is 26.8. The highest BCUT2D eigenvalue weighted by Gasteiger charge is 2.22. The number of H-pyrrole nitrogens is 1. The minimum Gasteiger partial charge on any atom is -0.480 e. The molecule has 4 rings (SSSR count). The quantitative estimate of drug-likeness (QED) is 0.0677. The molecule has 1 aromatic carbocycles. The fraction of sp³-hybridized carbons (Fsp3) is 0.345. The van der Waals surface area contributed by atoms with Crippen molar-refractivity contribution >= 4 is 46.6 Å². The summed E-state index contributed by atoms with van der Waals surface area (Å²) >= 11 is 0. The number of carboxylic acid groups (broad SMARTS) is 2. The molecule has 0 saturated carbocycles. The number of hydrogen-bond acceptors (Lipinski definition) is 12. The van der Waals surface area contributed by atoms with Crippen LogP contribution < -0.4 is 33.0 Å². The number of nitrogens with two attached hydrogens (primary N) is 2. The Morgan fingerprint density at radius 2 is 1.77 bits per heavy atom. The van der Waals surface area contributed by atoms with Crippen LogP contribution in [0, 0.1) is 0 Å². The van der Waals surface area contributed by atoms with E-state index in [0.717, 1.165) is 6.42 Å². The number of aromatic nitrogens is 6. The highest BCUT2D eigenvalue weighted by molar-refractivity contribution is 5.97. The predicted molar refractivity (Wildman–Crippen MR) is 168 cm³/mol. The van der Waals surface area contributed by atoms with Gasteiger partial charge in [0.25, 0.3) is 11.5 Å². The van der Waals surface area contributed by atoms with Gasteiger partial charge in [-0.15, -0.1) is 0 Å². The monoisotopic (exact) mass is 649 g/mol. The number of rotatable bonds is 17. The van der Waals surface area contributed by atoms with Gasteiger partial charge in [-0.1, -0.05) is 0 Å². The fourth-order valence-corrected chi connectivity index (χ4v) is 4.44. The van der Waals surface area contributed by atoms with Gasteiger partial charge >= 0.3 is 11.9 Å². The highest BCUT2D eigenvalue weighted by Crippen LogP contribution is 2.12. The van der Waals surface area contributed by atoms with Gasteiger partial charge in [0.15, 0.2) is 11.2 Å². The molecule has 248 valence electrons. The molecule has 10 N–H and O–H groups in total. The van der Waals surface area contributed by atoms with Gasteiger partial charge in [0, 0.05) is 43.4 Å². The second kappa shape index (κ2) is 15.9. The molecule has 0 fully saturated rings. The second-order valence-electron chi connectivity index (χ2n) is 10.6. The summed E-state index contributed by atoms with van der Waals surface area (Å²) in [6.45, 7) is 1.22. The van der Waals surface area contributed by atoms with Crippen LogP contribution >= 0.6 is 0 Å². The summed E-state index contributed by atoms with van der Waals surface area (Å²) in [5.74, 6) is -3.36. The maximum atomic E-state index is 12.7. The van der Waals surface area contributed by atoms with Crippen molar-refractivity contribution in [2.45, 2.75) is 57.3 Å². The van der Waals surface area contributed by atoms with Crippen molar-refractivity contribution < 1.29 is 29.4 Å². The fourth-order valence-electron chi connectivity index (χ4n) is 4.44. The minimum absolute atomic E-state index is 0.0520. The summed E-state index contributed by atoms with van der Waals surface area (Å²) in [6, 6.07) is 4.00. The van der Waals surface area contributed by atoms with Gasteiger partial charge in [-0.3, -0.25) is 24.2 Å². The Labute approximate surface area is 267 Å². The van der Waals surface area contributed by atoms with E-state index in [2.05, 4.69) is 40.9 Å². The number of carbonyl (C=O) groups is 4. The first kappa shape index (κ1) is 34.0. The SMILES string of the molecule is Nc1nc2ncc(CNc3ccc(C(=O)N[C@@H](CCC(=O)NCCCCn4cnc(C[C@H](N)C(=O)O)c4)C(=O)O)cc3)nc2c(=O)[nH]1. The average Bonchev–Trinajstić information content (AvgIpc) is 3.48. The van der Waals surface area contributed by atoms with Crippen LogP contribution in [0.3, 0.4) is 0 Å². The molecule has 3 heterocycles. The molecule has 0 aliphatic carbocycles. The van der Waals surface area contributed by atoms with E-state index < -0.39 is 35.5 Å². The second-order valence-corrected chi connectivity index (χ2v) is 10.6. The third-order valence-corrected chi connectivity index (χ3v) is 6.97. The number of nitrogens with zero attached hydrogens (tertiary/aromatic N) is 5. The van der Waals surface area contributed by atoms with Crippen LogP contribution in [0.1, 0.15) is 47.4 Å². The van der Waals surface area contributed by atoms with E-state index in [-0.39, 0.29) is 54.4 Å². The Morgan fingerprint density at radius 1 is 1.00 bits per heavy atom. The first-order valence-electron chi connectivity index (χ1n) is 14.6. The normalized spacial score (nSPS) is 12.3. The zero-order chi connectivity index (χ0) is 33.9. The van der Waals surface area contributed by atoms with Crippen molar-refractivity contribution in [1.29, 1.82) is 0 Å². The van der Waals surface area contributed by atoms with Gasteiger partial charge in [-0.2, -0.15) is 4.98 Å². The van der Waals surface area contributed by atoms with Gasteiger partial charge in [-0.25, -0.2) is 19.7 Å². The number of carboxylic acids is 2. The smallest absolute Gasteiger partial charge is 0.326 e. The number of nitrogen functional groups attached to an aromatic ring is 1. The molecule has 4 aromatic rings. The van der Waals surface area contributed by atoms with Crippen molar-refractivity contribution in [2.24, 2.45) is 5.73 Å². The van der Waals surface area contributed by atoms with Crippen molar-refractivity contribution in [3.05, 3.63) is 70.3 Å². The predicted octanol–water partition coefficient (Wildman–Crippen LogP) is -0.382. The van der Waals surface area contributed by atoms with E-state index in [1.807, 2.05) is 4.57 Å². The van der Waals surface area contributed by atoms with E-state index in [4.69, 9.17) is 16.6 Å². The third kappa shape index (κ3) is 10.0. The number of unbranched alkanes of at least 4 members (excludes halogenated alkanes) is 1. The lowest BCUT2D eigenvalue weighted by Gasteiger charge is -2.15. The minimum atomic E-state index is -1.27. The van der Waals surface area contributed by atoms with Gasteiger partial charge in [-0.05, 0) is 43.5 Å². The van der Waals surface area contributed by atoms with Crippen LogP contribution in [0.5, 0.6) is 0 Å². The molecule has 2 amide bonds. The lowest BCUT2D eigenvalue weighted by molar-refractivity contribution is -0.140. The van der Waals surface area contributed by atoms with Crippen molar-refractivity contribution in [2.75, 3.05) is 17.6 Å². The van der Waals surface area contributed by atoms with Gasteiger partial charge in [0.05, 0.1) is 30.5 Å². The molecule has 0 bridgehead atoms. The number of carbonyl (C=O) groups excluding carboxylic acids is 2. The summed E-state index contributed by atoms with van der Waals surface area (Å²) in [6.07, 6.45) is 6.09. The molecular weight excluding hydrogens is 614 g/mol. The number of hydrogen-bond donors (Lipinski definition) is 8. The maximum Gasteiger partial charge on any atom is 0.326 e. The van der Waals surface area contributed by atoms with Crippen LogP contribution in [-0.4, -0.2) is 82.1 Å². The summed E-state index contributed by atoms with van der Waals surface area (Å²) in [7, 11) is 0. The van der Waals surface area contributed by atoms with E-state index in [0.29, 0.717) is 36.6 Å². The number of nitrogens with one attached hydrogen (secondary N) is 4. The Morgan fingerprint density at radius 3 is 2.49 bits per heavy atom. The number of benzene rings is 1. The Bertz CT molecular complexity index is 1790. The van der Waals surface area contributed by atoms with Gasteiger partial charge in [0.2, 0.25) is 11.9 Å². The molecule has 0 unspecified atom stereocenters. The molecule has 0 saturated heterocycles. The molecule has 0 aliphatic rings. The van der Waals surface area contributed by atoms with Crippen LogP contribution in [-0.2, 0) is 33.9 Å². The van der Waals surface area contributed by atoms with Crippen LogP contribution in [0.25, 0.3) is 11.2 Å². The number of amides is 2. The molecule has 0 aliphatic heterocycles. The Kier molecular flexibility index (Phi) is 11.5. The molecule has 18 heteroatoms. The number of aryl methyl sites for hydroxylation is 1. The molecule has 3 aromatic heterocycles. The van der Waals surface area contributed by atoms with Gasteiger partial charge < -0.3 is 42.2 Å². The lowest BCUT2D eigenvalue weighted by Crippen LogP contribution is -2.41. The molecule has 18 nitrogen and oxygen atoms in total. The van der Waals surface area contributed by atoms with Gasteiger partial charge in [0.1, 0.15) is 12.1 Å². The molecule has 47 heavy (non-hydrogen) atoms. The summed E-state index contributed by atoms with van der Waals surface area (Å²) < 4.78 is 1.82. The van der Waals surface area contributed by atoms with Crippen molar-refractivity contribution in [1.82, 2.24) is 40.1 Å². The average molecular weight is 650 g/mol. The number of imidazole rings is 1. The van der Waals surface area contributed by atoms with E-state index >= 15 is 0 Å². The van der Waals surface area contributed by atoms with Crippen LogP contribution in [0.2, 0.25) is 0 Å². The highest BCUT2D eigenvalue weighted by atomic mass is 16.4. The standard InChI is InChI=1S/C29H35N11O7/c30-20(27(44)45)11-18-14-40(15-35-18)10-2-1-9-32-22(41)8-7-21(28(46)47)37-25(42)16-3-5-17(6-4-16)33-12-19-13-34-24-23(36-19)26(43)39-29(31)38-24/h3-6,13-15,20-21,33H,1-2,7-12,30H2,(H,32,41)(H,37,42)(H,44,45)(H,46,47)(H3,31,34,38,39,43)/t20-,21-/m0/s1. The molecular formula is C29H35N11O7. The topological polar surface area (TPSA) is 286 Å². The maximum absolute atomic E-state index is 12.7. The number of fused-ring (bicyclic) bond motifs is 1. The van der Waals surface area contributed by atoms with Crippen molar-refractivity contribution in [3.8, 4) is 0 Å². The summed E-state index contributed by atoms with van der Waals surface area (Å²) in [4.78, 5) is 78.5. The third-order valence-electron chi connectivity index (χ3n) is 6.97. The van der Waals surface area contributed by atoms with Crippen molar-refractivity contribution in [3.63, 3.8) is 0 Å². The van der Waals surface area contributed by atoms with Crippen LogP contribution in [0.4, 0.5) is 11.6 Å². The number of anilines is 2. The van der Waals surface area contributed by atoms with Crippen LogP contribution in [0.15, 0.2) is 47.8 Å². The molecule has 0 radical (unpaired) electrons. The number of aromatic amines is 1. The number of aliphatic carboxylic acids is 2. The largest absolute Gasteiger partial charge is 0.480 e. The van der Waals surface area contributed by atoms with E-state index in [9.17, 15) is 29.1 Å².